The van der Waals surface area contributed by atoms with Gasteiger partial charge in [0.2, 0.25) is 0 Å². The van der Waals surface area contributed by atoms with Crippen LogP contribution < -0.4 is 0 Å². The number of rotatable bonds is 1. The number of benzene rings is 1. The highest BCUT2D eigenvalue weighted by atomic mass is 35.5. The fourth-order valence-electron chi connectivity index (χ4n) is 1.90. The Hall–Kier alpha value is -1.93. The van der Waals surface area contributed by atoms with Crippen LogP contribution in [0.4, 0.5) is 0 Å². The fraction of sp³-hybridized carbons (Fsp3) is 0. The topological polar surface area (TPSA) is 25.8 Å². The van der Waals surface area contributed by atoms with Crippen LogP contribution >= 0.6 is 11.6 Å². The van der Waals surface area contributed by atoms with E-state index < -0.39 is 0 Å². The van der Waals surface area contributed by atoms with Crippen LogP contribution in [0.15, 0.2) is 54.9 Å². The first kappa shape index (κ1) is 10.2. The maximum Gasteiger partial charge on any atom is 0.129 e. The summed E-state index contributed by atoms with van der Waals surface area (Å²) in [5, 5.41) is 2.75. The molecule has 0 aliphatic rings. The Morgan fingerprint density at radius 1 is 0.941 bits per heavy atom. The summed E-state index contributed by atoms with van der Waals surface area (Å²) < 4.78 is 0. The molecule has 3 heteroatoms. The molecule has 0 radical (unpaired) electrons. The zero-order valence-electron chi connectivity index (χ0n) is 8.97. The highest BCUT2D eigenvalue weighted by Crippen LogP contribution is 2.27. The second-order valence-corrected chi connectivity index (χ2v) is 4.14. The molecule has 0 atom stereocenters. The van der Waals surface area contributed by atoms with Crippen molar-refractivity contribution in [2.75, 3.05) is 0 Å². The lowest BCUT2D eigenvalue weighted by Gasteiger charge is -2.05. The summed E-state index contributed by atoms with van der Waals surface area (Å²) in [5.41, 5.74) is 1.96. The molecule has 82 valence electrons. The summed E-state index contributed by atoms with van der Waals surface area (Å²) in [6, 6.07) is 13.7. The molecule has 0 saturated heterocycles. The molecular formula is C14H9ClN2. The largest absolute Gasteiger partial charge is 0.264 e. The van der Waals surface area contributed by atoms with Crippen molar-refractivity contribution in [3.63, 3.8) is 0 Å². The minimum Gasteiger partial charge on any atom is -0.264 e. The van der Waals surface area contributed by atoms with Crippen LogP contribution in [-0.4, -0.2) is 9.97 Å². The summed E-state index contributed by atoms with van der Waals surface area (Å²) in [6.07, 6.45) is 3.64. The van der Waals surface area contributed by atoms with E-state index in [9.17, 15) is 0 Å². The van der Waals surface area contributed by atoms with Crippen molar-refractivity contribution in [1.29, 1.82) is 0 Å². The average Bonchev–Trinajstić information content (AvgIpc) is 2.38. The quantitative estimate of drug-likeness (QED) is 0.602. The van der Waals surface area contributed by atoms with Gasteiger partial charge in [-0.3, -0.25) is 4.98 Å². The molecule has 3 rings (SSSR count). The summed E-state index contributed by atoms with van der Waals surface area (Å²) in [5.74, 6) is 0. The van der Waals surface area contributed by atoms with Crippen LogP contribution in [0.2, 0.25) is 5.15 Å². The van der Waals surface area contributed by atoms with Gasteiger partial charge in [-0.2, -0.15) is 0 Å². The summed E-state index contributed by atoms with van der Waals surface area (Å²) in [6.45, 7) is 0. The SMILES string of the molecule is Clc1cccc(-c2cccc3cnccc23)n1. The van der Waals surface area contributed by atoms with Gasteiger partial charge in [-0.15, -0.1) is 0 Å². The highest BCUT2D eigenvalue weighted by molar-refractivity contribution is 6.29. The number of hydrogen-bond donors (Lipinski definition) is 0. The van der Waals surface area contributed by atoms with E-state index in [0.29, 0.717) is 5.15 Å². The van der Waals surface area contributed by atoms with Gasteiger partial charge in [-0.05, 0) is 23.6 Å². The van der Waals surface area contributed by atoms with Crippen molar-refractivity contribution >= 4 is 22.4 Å². The van der Waals surface area contributed by atoms with E-state index in [4.69, 9.17) is 11.6 Å². The third-order valence-corrected chi connectivity index (χ3v) is 2.88. The van der Waals surface area contributed by atoms with Crippen LogP contribution in [0.5, 0.6) is 0 Å². The van der Waals surface area contributed by atoms with Crippen molar-refractivity contribution in [2.45, 2.75) is 0 Å². The van der Waals surface area contributed by atoms with E-state index >= 15 is 0 Å². The van der Waals surface area contributed by atoms with Crippen molar-refractivity contribution in [3.8, 4) is 11.3 Å². The van der Waals surface area contributed by atoms with Crippen LogP contribution in [0.25, 0.3) is 22.0 Å². The van der Waals surface area contributed by atoms with Gasteiger partial charge in [0.05, 0.1) is 5.69 Å². The number of nitrogens with zero attached hydrogens (tertiary/aromatic N) is 2. The lowest BCUT2D eigenvalue weighted by atomic mass is 10.0. The summed E-state index contributed by atoms with van der Waals surface area (Å²) in [7, 11) is 0. The van der Waals surface area contributed by atoms with Gasteiger partial charge in [-0.25, -0.2) is 4.98 Å². The fourth-order valence-corrected chi connectivity index (χ4v) is 2.07. The molecular weight excluding hydrogens is 232 g/mol. The van der Waals surface area contributed by atoms with Crippen LogP contribution in [0.1, 0.15) is 0 Å². The Morgan fingerprint density at radius 2 is 1.82 bits per heavy atom. The lowest BCUT2D eigenvalue weighted by molar-refractivity contribution is 1.33. The zero-order valence-corrected chi connectivity index (χ0v) is 9.72. The Labute approximate surface area is 104 Å². The van der Waals surface area contributed by atoms with Crippen molar-refractivity contribution in [1.82, 2.24) is 9.97 Å². The van der Waals surface area contributed by atoms with Gasteiger partial charge in [0.15, 0.2) is 0 Å². The van der Waals surface area contributed by atoms with E-state index in [0.717, 1.165) is 22.0 Å². The first-order valence-corrected chi connectivity index (χ1v) is 5.68. The molecule has 0 aliphatic heterocycles. The Balaban J connectivity index is 2.30. The van der Waals surface area contributed by atoms with Gasteiger partial charge in [0, 0.05) is 23.3 Å². The van der Waals surface area contributed by atoms with Crippen molar-refractivity contribution in [3.05, 3.63) is 60.0 Å². The standard InChI is InChI=1S/C14H9ClN2/c15-14-6-2-5-13(17-14)12-4-1-3-10-9-16-8-7-11(10)12/h1-9H. The number of hydrogen-bond acceptors (Lipinski definition) is 2. The average molecular weight is 241 g/mol. The Kier molecular flexibility index (Phi) is 2.50. The summed E-state index contributed by atoms with van der Waals surface area (Å²) in [4.78, 5) is 8.46. The smallest absolute Gasteiger partial charge is 0.129 e. The number of halogens is 1. The minimum absolute atomic E-state index is 0.508. The summed E-state index contributed by atoms with van der Waals surface area (Å²) >= 11 is 5.92. The van der Waals surface area contributed by atoms with E-state index in [1.165, 1.54) is 0 Å². The van der Waals surface area contributed by atoms with E-state index in [2.05, 4.69) is 9.97 Å². The maximum absolute atomic E-state index is 5.92. The zero-order chi connectivity index (χ0) is 11.7. The van der Waals surface area contributed by atoms with Crippen LogP contribution in [0, 0.1) is 0 Å². The van der Waals surface area contributed by atoms with Gasteiger partial charge in [0.1, 0.15) is 5.15 Å². The molecule has 3 aromatic rings. The Morgan fingerprint density at radius 3 is 2.71 bits per heavy atom. The number of fused-ring (bicyclic) bond motifs is 1. The van der Waals surface area contributed by atoms with E-state index in [1.807, 2.05) is 42.6 Å². The number of aromatic nitrogens is 2. The molecule has 0 spiro atoms. The maximum atomic E-state index is 5.92. The lowest BCUT2D eigenvalue weighted by Crippen LogP contribution is -1.86. The molecule has 0 bridgehead atoms. The molecule has 0 saturated carbocycles. The highest BCUT2D eigenvalue weighted by Gasteiger charge is 2.04. The van der Waals surface area contributed by atoms with Gasteiger partial charge in [-0.1, -0.05) is 35.9 Å². The van der Waals surface area contributed by atoms with Crippen LogP contribution in [-0.2, 0) is 0 Å². The molecule has 0 aliphatic carbocycles. The Bertz CT molecular complexity index is 674. The molecule has 2 aromatic heterocycles. The van der Waals surface area contributed by atoms with Crippen LogP contribution in [0.3, 0.4) is 0 Å². The monoisotopic (exact) mass is 240 g/mol. The number of pyridine rings is 2. The van der Waals surface area contributed by atoms with Crippen molar-refractivity contribution < 1.29 is 0 Å². The molecule has 2 heterocycles. The van der Waals surface area contributed by atoms with Gasteiger partial charge in [0.25, 0.3) is 0 Å². The molecule has 0 amide bonds. The normalized spacial score (nSPS) is 10.6. The first-order valence-electron chi connectivity index (χ1n) is 5.30. The van der Waals surface area contributed by atoms with E-state index in [1.54, 1.807) is 12.3 Å². The molecule has 17 heavy (non-hydrogen) atoms. The molecule has 1 aromatic carbocycles. The minimum atomic E-state index is 0.508. The second kappa shape index (κ2) is 4.15. The van der Waals surface area contributed by atoms with Gasteiger partial charge >= 0.3 is 0 Å². The van der Waals surface area contributed by atoms with E-state index in [-0.39, 0.29) is 0 Å². The third-order valence-electron chi connectivity index (χ3n) is 2.67. The molecule has 2 nitrogen and oxygen atoms in total. The second-order valence-electron chi connectivity index (χ2n) is 3.75. The predicted octanol–water partition coefficient (Wildman–Crippen LogP) is 3.95. The predicted molar refractivity (Wildman–Crippen MR) is 70.0 cm³/mol. The molecule has 0 N–H and O–H groups in total. The van der Waals surface area contributed by atoms with Gasteiger partial charge < -0.3 is 0 Å². The molecule has 0 fully saturated rings. The third kappa shape index (κ3) is 1.87. The molecule has 0 unspecified atom stereocenters. The first-order chi connectivity index (χ1) is 8.34. The van der Waals surface area contributed by atoms with Crippen molar-refractivity contribution in [2.24, 2.45) is 0 Å².